The molecule has 3 aliphatic rings. The van der Waals surface area contributed by atoms with Crippen molar-refractivity contribution in [2.45, 2.75) is 32.2 Å². The first-order chi connectivity index (χ1) is 13.2. The molecule has 1 spiro atoms. The van der Waals surface area contributed by atoms with E-state index in [1.807, 2.05) is 40.1 Å². The average Bonchev–Trinajstić information content (AvgIpc) is 3.36. The molecule has 3 aliphatic heterocycles. The summed E-state index contributed by atoms with van der Waals surface area (Å²) in [5.74, 6) is 0.148. The quantitative estimate of drug-likeness (QED) is 0.886. The maximum Gasteiger partial charge on any atom is 0.317 e. The molecule has 4 rings (SSSR count). The molecule has 3 amide bonds. The maximum absolute atomic E-state index is 13.2. The van der Waals surface area contributed by atoms with Crippen molar-refractivity contribution in [3.63, 3.8) is 0 Å². The van der Waals surface area contributed by atoms with E-state index in [0.29, 0.717) is 32.8 Å². The molecular formula is C21H29N3O3. The second kappa shape index (κ2) is 7.89. The molecule has 1 aromatic carbocycles. The first kappa shape index (κ1) is 18.3. The van der Waals surface area contributed by atoms with E-state index in [4.69, 9.17) is 4.74 Å². The van der Waals surface area contributed by atoms with E-state index >= 15 is 0 Å². The Hall–Kier alpha value is -2.08. The summed E-state index contributed by atoms with van der Waals surface area (Å²) in [5, 5.41) is 3.02. The Labute approximate surface area is 160 Å². The highest BCUT2D eigenvalue weighted by Crippen LogP contribution is 2.45. The fraction of sp³-hybridized carbons (Fsp3) is 0.619. The minimum atomic E-state index is -0.123. The normalized spacial score (nSPS) is 24.4. The number of ether oxygens (including phenoxy) is 1. The van der Waals surface area contributed by atoms with Crippen LogP contribution in [0.5, 0.6) is 0 Å². The van der Waals surface area contributed by atoms with Gasteiger partial charge in [-0.05, 0) is 31.2 Å². The molecule has 6 heteroatoms. The van der Waals surface area contributed by atoms with Crippen molar-refractivity contribution < 1.29 is 14.3 Å². The lowest BCUT2D eigenvalue weighted by Crippen LogP contribution is -2.45. The van der Waals surface area contributed by atoms with Crippen molar-refractivity contribution in [1.29, 1.82) is 0 Å². The summed E-state index contributed by atoms with van der Waals surface area (Å²) in [6.07, 6.45) is 3.91. The molecule has 27 heavy (non-hydrogen) atoms. The number of urea groups is 1. The fourth-order valence-corrected chi connectivity index (χ4v) is 4.79. The summed E-state index contributed by atoms with van der Waals surface area (Å²) in [6.45, 7) is 4.78. The van der Waals surface area contributed by atoms with Crippen LogP contribution < -0.4 is 5.32 Å². The van der Waals surface area contributed by atoms with E-state index in [9.17, 15) is 9.59 Å². The number of carbonyl (C=O) groups excluding carboxylic acids is 2. The highest BCUT2D eigenvalue weighted by atomic mass is 16.5. The lowest BCUT2D eigenvalue weighted by molar-refractivity contribution is -0.139. The molecule has 0 saturated carbocycles. The number of nitrogens with one attached hydrogen (secondary N) is 1. The lowest BCUT2D eigenvalue weighted by atomic mass is 9.71. The van der Waals surface area contributed by atoms with Crippen LogP contribution in [0.4, 0.5) is 4.79 Å². The summed E-state index contributed by atoms with van der Waals surface area (Å²) >= 11 is 0. The molecule has 0 aromatic heterocycles. The summed E-state index contributed by atoms with van der Waals surface area (Å²) in [4.78, 5) is 29.8. The van der Waals surface area contributed by atoms with Gasteiger partial charge in [-0.2, -0.15) is 0 Å². The summed E-state index contributed by atoms with van der Waals surface area (Å²) in [5.41, 5.74) is 0.956. The molecule has 1 unspecified atom stereocenters. The Kier molecular flexibility index (Phi) is 5.34. The highest BCUT2D eigenvalue weighted by Gasteiger charge is 2.52. The minimum absolute atomic E-state index is 0.0681. The molecule has 1 aromatic rings. The van der Waals surface area contributed by atoms with Gasteiger partial charge in [0, 0.05) is 51.4 Å². The first-order valence-corrected chi connectivity index (χ1v) is 10.1. The molecule has 6 nitrogen and oxygen atoms in total. The van der Waals surface area contributed by atoms with E-state index < -0.39 is 0 Å². The van der Waals surface area contributed by atoms with Crippen LogP contribution in [0.15, 0.2) is 30.3 Å². The largest absolute Gasteiger partial charge is 0.381 e. The molecule has 3 fully saturated rings. The first-order valence-electron chi connectivity index (χ1n) is 10.1. The summed E-state index contributed by atoms with van der Waals surface area (Å²) in [7, 11) is 0. The Morgan fingerprint density at radius 1 is 1.07 bits per heavy atom. The molecule has 0 radical (unpaired) electrons. The Morgan fingerprint density at radius 3 is 2.48 bits per heavy atom. The van der Waals surface area contributed by atoms with E-state index in [0.717, 1.165) is 44.3 Å². The fourth-order valence-electron chi connectivity index (χ4n) is 4.79. The van der Waals surface area contributed by atoms with E-state index in [1.165, 1.54) is 0 Å². The van der Waals surface area contributed by atoms with Crippen LogP contribution in [0.25, 0.3) is 0 Å². The Morgan fingerprint density at radius 2 is 1.78 bits per heavy atom. The van der Waals surface area contributed by atoms with E-state index in [1.54, 1.807) is 0 Å². The predicted octanol–water partition coefficient (Wildman–Crippen LogP) is 2.25. The highest BCUT2D eigenvalue weighted by molar-refractivity contribution is 5.83. The Balaban J connectivity index is 1.44. The lowest BCUT2D eigenvalue weighted by Gasteiger charge is -2.38. The third kappa shape index (κ3) is 3.81. The van der Waals surface area contributed by atoms with Crippen molar-refractivity contribution in [3.05, 3.63) is 35.9 Å². The number of amides is 3. The van der Waals surface area contributed by atoms with Crippen molar-refractivity contribution in [1.82, 2.24) is 15.1 Å². The number of hydrogen-bond donors (Lipinski definition) is 1. The van der Waals surface area contributed by atoms with Gasteiger partial charge in [-0.3, -0.25) is 4.79 Å². The van der Waals surface area contributed by atoms with Gasteiger partial charge in [0.15, 0.2) is 0 Å². The Bertz CT molecular complexity index is 667. The van der Waals surface area contributed by atoms with Crippen molar-refractivity contribution in [2.24, 2.45) is 11.3 Å². The molecule has 0 aliphatic carbocycles. The molecular weight excluding hydrogens is 342 g/mol. The van der Waals surface area contributed by atoms with Gasteiger partial charge >= 0.3 is 6.03 Å². The van der Waals surface area contributed by atoms with Gasteiger partial charge in [-0.25, -0.2) is 4.79 Å². The maximum atomic E-state index is 13.2. The number of carbonyl (C=O) groups is 2. The average molecular weight is 371 g/mol. The third-order valence-corrected chi connectivity index (χ3v) is 6.43. The number of hydrogen-bond acceptors (Lipinski definition) is 3. The second-order valence-corrected chi connectivity index (χ2v) is 8.08. The van der Waals surface area contributed by atoms with E-state index in [-0.39, 0.29) is 23.3 Å². The van der Waals surface area contributed by atoms with Gasteiger partial charge in [0.2, 0.25) is 5.91 Å². The number of benzene rings is 1. The van der Waals surface area contributed by atoms with Crippen molar-refractivity contribution in [2.75, 3.05) is 39.4 Å². The third-order valence-electron chi connectivity index (χ3n) is 6.43. The van der Waals surface area contributed by atoms with Crippen LogP contribution >= 0.6 is 0 Å². The molecule has 0 bridgehead atoms. The number of rotatable bonds is 3. The van der Waals surface area contributed by atoms with E-state index in [2.05, 4.69) is 5.32 Å². The summed E-state index contributed by atoms with van der Waals surface area (Å²) < 4.78 is 5.57. The zero-order valence-corrected chi connectivity index (χ0v) is 15.9. The smallest absolute Gasteiger partial charge is 0.317 e. The predicted molar refractivity (Wildman–Crippen MR) is 102 cm³/mol. The zero-order valence-electron chi connectivity index (χ0n) is 15.9. The van der Waals surface area contributed by atoms with Crippen LogP contribution in [0.1, 0.15) is 31.2 Å². The molecule has 146 valence electrons. The number of likely N-dealkylation sites (tertiary alicyclic amines) is 2. The molecule has 3 heterocycles. The zero-order chi connectivity index (χ0) is 18.7. The molecule has 1 N–H and O–H groups in total. The van der Waals surface area contributed by atoms with Gasteiger partial charge in [0.25, 0.3) is 0 Å². The topological polar surface area (TPSA) is 61.9 Å². The van der Waals surface area contributed by atoms with Gasteiger partial charge in [0.05, 0.1) is 5.92 Å². The van der Waals surface area contributed by atoms with Crippen LogP contribution in [0.3, 0.4) is 0 Å². The van der Waals surface area contributed by atoms with Crippen LogP contribution in [0.2, 0.25) is 0 Å². The molecule has 1 atom stereocenters. The van der Waals surface area contributed by atoms with Gasteiger partial charge in [-0.1, -0.05) is 30.3 Å². The monoisotopic (exact) mass is 371 g/mol. The van der Waals surface area contributed by atoms with Gasteiger partial charge in [0.1, 0.15) is 0 Å². The standard InChI is InChI=1S/C21H29N3O3/c25-19(23-10-4-5-11-23)18-15-24(16-21(18)8-12-27-13-9-21)20(26)22-14-17-6-2-1-3-7-17/h1-3,6-7,18H,4-5,8-16H2,(H,22,26). The number of nitrogens with zero attached hydrogens (tertiary/aromatic N) is 2. The summed E-state index contributed by atoms with van der Waals surface area (Å²) in [6, 6.07) is 9.85. The SMILES string of the molecule is O=C(NCc1ccccc1)N1CC(C(=O)N2CCCC2)C2(CCOCC2)C1. The van der Waals surface area contributed by atoms with Crippen molar-refractivity contribution >= 4 is 11.9 Å². The van der Waals surface area contributed by atoms with Crippen LogP contribution in [-0.2, 0) is 16.1 Å². The van der Waals surface area contributed by atoms with Crippen molar-refractivity contribution in [3.8, 4) is 0 Å². The molecule has 3 saturated heterocycles. The van der Waals surface area contributed by atoms with Crippen LogP contribution in [0, 0.1) is 11.3 Å². The second-order valence-electron chi connectivity index (χ2n) is 8.08. The van der Waals surface area contributed by atoms with Gasteiger partial charge in [-0.15, -0.1) is 0 Å². The van der Waals surface area contributed by atoms with Crippen LogP contribution in [-0.4, -0.2) is 61.1 Å². The van der Waals surface area contributed by atoms with Gasteiger partial charge < -0.3 is 19.9 Å². The minimum Gasteiger partial charge on any atom is -0.381 e.